The van der Waals surface area contributed by atoms with Crippen LogP contribution in [0.5, 0.6) is 0 Å². The molecular weight excluding hydrogens is 230 g/mol. The number of rotatable bonds is 7. The lowest BCUT2D eigenvalue weighted by molar-refractivity contribution is 0.239. The topological polar surface area (TPSA) is 58.0 Å². The molecule has 2 N–H and O–H groups in total. The quantitative estimate of drug-likeness (QED) is 0.705. The molecule has 15 heavy (non-hydrogen) atoms. The summed E-state index contributed by atoms with van der Waals surface area (Å²) in [4.78, 5) is 4.10. The van der Waals surface area contributed by atoms with Gasteiger partial charge in [-0.3, -0.25) is 0 Å². The highest BCUT2D eigenvalue weighted by Gasteiger charge is 2.23. The Bertz CT molecular complexity index is 277. The number of aliphatic hydroxyl groups excluding tert-OH is 1. The molecule has 2 rings (SSSR count). The first-order chi connectivity index (χ1) is 7.38. The zero-order valence-corrected chi connectivity index (χ0v) is 10.1. The molecule has 1 heterocycles. The van der Waals surface area contributed by atoms with Crippen LogP contribution in [0.15, 0.2) is 10.7 Å². The lowest BCUT2D eigenvalue weighted by Gasteiger charge is -2.14. The summed E-state index contributed by atoms with van der Waals surface area (Å²) in [6.07, 6.45) is 5.09. The van der Waals surface area contributed by atoms with Crippen LogP contribution >= 0.6 is 23.3 Å². The van der Waals surface area contributed by atoms with Gasteiger partial charge in [-0.25, -0.2) is 4.98 Å². The van der Waals surface area contributed by atoms with Crippen LogP contribution in [0.4, 0.5) is 0 Å². The minimum absolute atomic E-state index is 0.229. The van der Waals surface area contributed by atoms with Gasteiger partial charge >= 0.3 is 0 Å². The molecule has 1 aromatic heterocycles. The van der Waals surface area contributed by atoms with Crippen molar-refractivity contribution in [1.82, 2.24) is 14.7 Å². The Morgan fingerprint density at radius 1 is 1.67 bits per heavy atom. The SMILES string of the molecule is OCC(CCSc1ncns1)NC1CC1. The van der Waals surface area contributed by atoms with Crippen LogP contribution in [-0.4, -0.2) is 38.9 Å². The van der Waals surface area contributed by atoms with Crippen LogP contribution in [0.25, 0.3) is 0 Å². The number of nitrogens with one attached hydrogen (secondary N) is 1. The van der Waals surface area contributed by atoms with Crippen molar-refractivity contribution >= 4 is 23.3 Å². The van der Waals surface area contributed by atoms with Crippen LogP contribution < -0.4 is 5.32 Å². The smallest absolute Gasteiger partial charge is 0.169 e. The fourth-order valence-electron chi connectivity index (χ4n) is 1.33. The molecule has 0 saturated heterocycles. The molecule has 1 atom stereocenters. The van der Waals surface area contributed by atoms with Crippen LogP contribution in [0.1, 0.15) is 19.3 Å². The summed E-state index contributed by atoms with van der Waals surface area (Å²) in [7, 11) is 0. The zero-order valence-electron chi connectivity index (χ0n) is 8.43. The predicted molar refractivity (Wildman–Crippen MR) is 62.3 cm³/mol. The molecule has 1 fully saturated rings. The Morgan fingerprint density at radius 3 is 3.13 bits per heavy atom. The Morgan fingerprint density at radius 2 is 2.53 bits per heavy atom. The highest BCUT2D eigenvalue weighted by molar-refractivity contribution is 8.00. The normalized spacial score (nSPS) is 17.9. The molecule has 0 aromatic carbocycles. The molecule has 1 aliphatic rings. The van der Waals surface area contributed by atoms with Gasteiger partial charge in [-0.2, -0.15) is 4.37 Å². The molecular formula is C9H15N3OS2. The highest BCUT2D eigenvalue weighted by atomic mass is 32.2. The Kier molecular flexibility index (Phi) is 4.37. The van der Waals surface area contributed by atoms with E-state index in [2.05, 4.69) is 14.7 Å². The Hall–Kier alpha value is -0.170. The maximum atomic E-state index is 9.16. The molecule has 0 bridgehead atoms. The second kappa shape index (κ2) is 5.79. The van der Waals surface area contributed by atoms with Gasteiger partial charge in [-0.15, -0.1) is 0 Å². The number of thioether (sulfide) groups is 1. The van der Waals surface area contributed by atoms with Gasteiger partial charge in [0.1, 0.15) is 6.33 Å². The summed E-state index contributed by atoms with van der Waals surface area (Å²) >= 11 is 3.14. The molecule has 0 spiro atoms. The third kappa shape index (κ3) is 4.06. The summed E-state index contributed by atoms with van der Waals surface area (Å²) in [5, 5.41) is 12.6. The summed E-state index contributed by atoms with van der Waals surface area (Å²) in [5.41, 5.74) is 0. The fourth-order valence-corrected chi connectivity index (χ4v) is 2.89. The number of hydrogen-bond donors (Lipinski definition) is 2. The van der Waals surface area contributed by atoms with E-state index in [4.69, 9.17) is 5.11 Å². The molecule has 1 aliphatic carbocycles. The van der Waals surface area contributed by atoms with E-state index in [1.54, 1.807) is 18.1 Å². The largest absolute Gasteiger partial charge is 0.395 e. The third-order valence-corrected chi connectivity index (χ3v) is 4.13. The molecule has 1 unspecified atom stereocenters. The van der Waals surface area contributed by atoms with E-state index in [0.29, 0.717) is 6.04 Å². The van der Waals surface area contributed by atoms with Crippen LogP contribution in [0, 0.1) is 0 Å². The van der Waals surface area contributed by atoms with E-state index in [1.165, 1.54) is 24.4 Å². The maximum absolute atomic E-state index is 9.16. The highest BCUT2D eigenvalue weighted by Crippen LogP contribution is 2.22. The summed E-state index contributed by atoms with van der Waals surface area (Å²) in [5.74, 6) is 0.986. The fraction of sp³-hybridized carbons (Fsp3) is 0.778. The molecule has 1 aromatic rings. The summed E-state index contributed by atoms with van der Waals surface area (Å²) in [6, 6.07) is 0.909. The minimum Gasteiger partial charge on any atom is -0.395 e. The molecule has 0 radical (unpaired) electrons. The van der Waals surface area contributed by atoms with Crippen LogP contribution in [-0.2, 0) is 0 Å². The minimum atomic E-state index is 0.229. The van der Waals surface area contributed by atoms with Crippen molar-refractivity contribution in [3.63, 3.8) is 0 Å². The summed E-state index contributed by atoms with van der Waals surface area (Å²) < 4.78 is 4.96. The van der Waals surface area contributed by atoms with E-state index in [9.17, 15) is 0 Å². The van der Waals surface area contributed by atoms with Gasteiger partial charge in [-0.05, 0) is 30.8 Å². The van der Waals surface area contributed by atoms with Crippen molar-refractivity contribution in [2.75, 3.05) is 12.4 Å². The van der Waals surface area contributed by atoms with E-state index in [-0.39, 0.29) is 12.6 Å². The standard InChI is InChI=1S/C9H15N3OS2/c13-5-8(12-7-1-2-7)3-4-14-9-10-6-11-15-9/h6-8,12-13H,1-5H2. The Labute approximate surface area is 97.7 Å². The molecule has 84 valence electrons. The van der Waals surface area contributed by atoms with Gasteiger partial charge in [0.25, 0.3) is 0 Å². The average molecular weight is 245 g/mol. The number of aliphatic hydroxyl groups is 1. The van der Waals surface area contributed by atoms with Gasteiger partial charge < -0.3 is 10.4 Å². The van der Waals surface area contributed by atoms with Crippen molar-refractivity contribution in [2.45, 2.75) is 35.7 Å². The van der Waals surface area contributed by atoms with Gasteiger partial charge in [-0.1, -0.05) is 11.8 Å². The molecule has 4 nitrogen and oxygen atoms in total. The second-order valence-corrected chi connectivity index (χ2v) is 5.79. The first-order valence-corrected chi connectivity index (χ1v) is 6.91. The third-order valence-electron chi connectivity index (χ3n) is 2.30. The van der Waals surface area contributed by atoms with Gasteiger partial charge in [0, 0.05) is 17.8 Å². The molecule has 0 aliphatic heterocycles. The van der Waals surface area contributed by atoms with Crippen LogP contribution in [0.2, 0.25) is 0 Å². The second-order valence-electron chi connectivity index (χ2n) is 3.66. The van der Waals surface area contributed by atoms with Crippen molar-refractivity contribution in [1.29, 1.82) is 0 Å². The van der Waals surface area contributed by atoms with Crippen molar-refractivity contribution in [3.8, 4) is 0 Å². The Balaban J connectivity index is 1.62. The van der Waals surface area contributed by atoms with Crippen molar-refractivity contribution in [3.05, 3.63) is 6.33 Å². The zero-order chi connectivity index (χ0) is 10.5. The van der Waals surface area contributed by atoms with Crippen molar-refractivity contribution in [2.24, 2.45) is 0 Å². The maximum Gasteiger partial charge on any atom is 0.169 e. The van der Waals surface area contributed by atoms with E-state index < -0.39 is 0 Å². The number of aromatic nitrogens is 2. The van der Waals surface area contributed by atoms with Gasteiger partial charge in [0.2, 0.25) is 0 Å². The van der Waals surface area contributed by atoms with Crippen molar-refractivity contribution < 1.29 is 5.11 Å². The number of nitrogens with zero attached hydrogens (tertiary/aromatic N) is 2. The van der Waals surface area contributed by atoms with E-state index >= 15 is 0 Å². The van der Waals surface area contributed by atoms with E-state index in [1.807, 2.05) is 0 Å². The predicted octanol–water partition coefficient (Wildman–Crippen LogP) is 1.13. The first-order valence-electron chi connectivity index (χ1n) is 5.15. The van der Waals surface area contributed by atoms with Gasteiger partial charge in [0.05, 0.1) is 6.61 Å². The summed E-state index contributed by atoms with van der Waals surface area (Å²) in [6.45, 7) is 0.229. The van der Waals surface area contributed by atoms with Crippen LogP contribution in [0.3, 0.4) is 0 Å². The molecule has 1 saturated carbocycles. The first kappa shape index (κ1) is 11.3. The van der Waals surface area contributed by atoms with E-state index in [0.717, 1.165) is 16.5 Å². The lowest BCUT2D eigenvalue weighted by atomic mass is 10.2. The average Bonchev–Trinajstić information content (AvgIpc) is 2.91. The monoisotopic (exact) mass is 245 g/mol. The lowest BCUT2D eigenvalue weighted by Crippen LogP contribution is -2.34. The number of hydrogen-bond acceptors (Lipinski definition) is 6. The van der Waals surface area contributed by atoms with Gasteiger partial charge in [0.15, 0.2) is 4.34 Å². The molecule has 0 amide bonds. The molecule has 6 heteroatoms.